The highest BCUT2D eigenvalue weighted by molar-refractivity contribution is 5.73. The number of nitrogens with zero attached hydrogens (tertiary/aromatic N) is 2. The minimum absolute atomic E-state index is 0.00844. The lowest BCUT2D eigenvalue weighted by Gasteiger charge is -2.25. The van der Waals surface area contributed by atoms with Gasteiger partial charge in [0.2, 0.25) is 5.91 Å². The number of carbonyl (C=O) groups excluding carboxylic acids is 1. The van der Waals surface area contributed by atoms with Crippen LogP contribution in [0.4, 0.5) is 5.69 Å². The number of benzene rings is 2. The first-order valence-corrected chi connectivity index (χ1v) is 10.2. The number of anilines is 1. The zero-order valence-corrected chi connectivity index (χ0v) is 18.2. The van der Waals surface area contributed by atoms with Gasteiger partial charge >= 0.3 is 0 Å². The van der Waals surface area contributed by atoms with E-state index in [0.717, 1.165) is 34.7 Å². The molecule has 3 rings (SSSR count). The van der Waals surface area contributed by atoms with Crippen molar-refractivity contribution in [2.45, 2.75) is 25.8 Å². The Morgan fingerprint density at radius 1 is 1.03 bits per heavy atom. The second-order valence-corrected chi connectivity index (χ2v) is 7.60. The Kier molecular flexibility index (Phi) is 7.17. The predicted molar refractivity (Wildman–Crippen MR) is 120 cm³/mol. The molecular weight excluding hydrogens is 376 g/mol. The summed E-state index contributed by atoms with van der Waals surface area (Å²) >= 11 is 0. The summed E-state index contributed by atoms with van der Waals surface area (Å²) in [5, 5.41) is 0. The van der Waals surface area contributed by atoms with Gasteiger partial charge in [-0.2, -0.15) is 0 Å². The molecule has 5 heteroatoms. The largest absolute Gasteiger partial charge is 0.496 e. The van der Waals surface area contributed by atoms with Crippen molar-refractivity contribution in [1.29, 1.82) is 0 Å². The van der Waals surface area contributed by atoms with Crippen molar-refractivity contribution in [3.05, 3.63) is 83.8 Å². The maximum absolute atomic E-state index is 12.4. The molecule has 0 bridgehead atoms. The number of para-hydroxylation sites is 1. The Balaban J connectivity index is 1.77. The second kappa shape index (κ2) is 10.0. The number of ether oxygens (including phenoxy) is 1. The van der Waals surface area contributed by atoms with Crippen molar-refractivity contribution in [3.8, 4) is 5.75 Å². The quantitative estimate of drug-likeness (QED) is 0.506. The third kappa shape index (κ3) is 5.23. The fourth-order valence-corrected chi connectivity index (χ4v) is 3.65. The van der Waals surface area contributed by atoms with Crippen molar-refractivity contribution in [2.75, 3.05) is 32.6 Å². The van der Waals surface area contributed by atoms with Crippen molar-refractivity contribution >= 4 is 11.6 Å². The molecule has 0 fully saturated rings. The highest BCUT2D eigenvalue weighted by Crippen LogP contribution is 2.34. The number of carbonyl (C=O) groups is 1. The second-order valence-electron chi connectivity index (χ2n) is 7.60. The lowest BCUT2D eigenvalue weighted by molar-refractivity contribution is -0.129. The molecule has 1 heterocycles. The molecule has 0 N–H and O–H groups in total. The van der Waals surface area contributed by atoms with Gasteiger partial charge in [-0.25, -0.2) is 0 Å². The fourth-order valence-electron chi connectivity index (χ4n) is 3.65. The van der Waals surface area contributed by atoms with Gasteiger partial charge in [0, 0.05) is 51.3 Å². The molecule has 0 unspecified atom stereocenters. The van der Waals surface area contributed by atoms with E-state index in [1.807, 2.05) is 49.3 Å². The molecule has 5 nitrogen and oxygen atoms in total. The van der Waals surface area contributed by atoms with E-state index in [1.54, 1.807) is 20.3 Å². The van der Waals surface area contributed by atoms with Crippen molar-refractivity contribution in [1.82, 2.24) is 4.90 Å². The Hall–Kier alpha value is -3.21. The van der Waals surface area contributed by atoms with Crippen LogP contribution < -0.4 is 9.64 Å². The summed E-state index contributed by atoms with van der Waals surface area (Å²) in [6.07, 6.45) is 2.43. The van der Waals surface area contributed by atoms with Crippen LogP contribution in [-0.2, 0) is 11.3 Å². The van der Waals surface area contributed by atoms with Crippen LogP contribution in [0, 0.1) is 0 Å². The summed E-state index contributed by atoms with van der Waals surface area (Å²) in [7, 11) is 5.71. The zero-order valence-electron chi connectivity index (χ0n) is 18.2. The van der Waals surface area contributed by atoms with Gasteiger partial charge in [0.05, 0.1) is 13.4 Å². The first-order chi connectivity index (χ1) is 14.5. The molecule has 158 valence electrons. The maximum atomic E-state index is 12.4. The first-order valence-electron chi connectivity index (χ1n) is 10.2. The van der Waals surface area contributed by atoms with Crippen LogP contribution in [0.15, 0.2) is 71.3 Å². The highest BCUT2D eigenvalue weighted by atomic mass is 16.5. The van der Waals surface area contributed by atoms with E-state index < -0.39 is 0 Å². The summed E-state index contributed by atoms with van der Waals surface area (Å²) in [4.78, 5) is 16.3. The van der Waals surface area contributed by atoms with Crippen molar-refractivity contribution in [2.24, 2.45) is 0 Å². The number of amides is 1. The number of furan rings is 1. The number of rotatable bonds is 9. The third-order valence-corrected chi connectivity index (χ3v) is 5.36. The molecule has 0 radical (unpaired) electrons. The number of methoxy groups -OCH3 is 1. The minimum atomic E-state index is 0.00844. The van der Waals surface area contributed by atoms with Crippen LogP contribution in [0.25, 0.3) is 0 Å². The molecule has 0 aliphatic carbocycles. The molecule has 1 atom stereocenters. The highest BCUT2D eigenvalue weighted by Gasteiger charge is 2.22. The zero-order chi connectivity index (χ0) is 21.5. The smallest absolute Gasteiger partial charge is 0.219 e. The number of hydrogen-bond acceptors (Lipinski definition) is 4. The molecular formula is C25H30N2O3. The Labute approximate surface area is 178 Å². The van der Waals surface area contributed by atoms with E-state index in [1.165, 1.54) is 0 Å². The van der Waals surface area contributed by atoms with Crippen LogP contribution in [0.3, 0.4) is 0 Å². The van der Waals surface area contributed by atoms with Crippen LogP contribution in [0.1, 0.15) is 36.1 Å². The van der Waals surface area contributed by atoms with Gasteiger partial charge in [-0.15, -0.1) is 0 Å². The molecule has 1 amide bonds. The molecule has 1 aromatic heterocycles. The van der Waals surface area contributed by atoms with E-state index in [-0.39, 0.29) is 11.8 Å². The lowest BCUT2D eigenvalue weighted by atomic mass is 9.92. The molecule has 0 saturated heterocycles. The standard InChI is InChI=1S/C25H30N2O3/c1-19(28)27(18-20-11-13-21(14-12-20)26(2)3)16-15-23(25-10-7-17-30-25)22-8-5-6-9-24(22)29-4/h5-14,17,23H,15-16,18H2,1-4H3/t23-/m0/s1. The normalized spacial score (nSPS) is 11.7. The van der Waals surface area contributed by atoms with Crippen LogP contribution in [0.5, 0.6) is 5.75 Å². The summed E-state index contributed by atoms with van der Waals surface area (Å²) in [5.41, 5.74) is 3.32. The van der Waals surface area contributed by atoms with Gasteiger partial charge in [-0.1, -0.05) is 30.3 Å². The topological polar surface area (TPSA) is 45.9 Å². The van der Waals surface area contributed by atoms with Crippen LogP contribution in [0.2, 0.25) is 0 Å². The van der Waals surface area contributed by atoms with Gasteiger partial charge in [0.25, 0.3) is 0 Å². The molecule has 2 aromatic carbocycles. The predicted octanol–water partition coefficient (Wildman–Crippen LogP) is 4.92. The monoisotopic (exact) mass is 406 g/mol. The lowest BCUT2D eigenvalue weighted by Crippen LogP contribution is -2.30. The maximum Gasteiger partial charge on any atom is 0.219 e. The molecule has 0 aliphatic heterocycles. The molecule has 30 heavy (non-hydrogen) atoms. The molecule has 0 saturated carbocycles. The van der Waals surface area contributed by atoms with Crippen molar-refractivity contribution in [3.63, 3.8) is 0 Å². The van der Waals surface area contributed by atoms with E-state index in [4.69, 9.17) is 9.15 Å². The summed E-state index contributed by atoms with van der Waals surface area (Å²) in [6, 6.07) is 20.2. The van der Waals surface area contributed by atoms with E-state index in [9.17, 15) is 4.79 Å². The third-order valence-electron chi connectivity index (χ3n) is 5.36. The van der Waals surface area contributed by atoms with E-state index in [2.05, 4.69) is 35.2 Å². The van der Waals surface area contributed by atoms with Crippen LogP contribution in [-0.4, -0.2) is 38.6 Å². The van der Waals surface area contributed by atoms with Gasteiger partial charge in [0.15, 0.2) is 0 Å². The van der Waals surface area contributed by atoms with Crippen LogP contribution >= 0.6 is 0 Å². The minimum Gasteiger partial charge on any atom is -0.496 e. The molecule has 3 aromatic rings. The van der Waals surface area contributed by atoms with E-state index in [0.29, 0.717) is 13.1 Å². The SMILES string of the molecule is COc1ccccc1[C@H](CCN(Cc1ccc(N(C)C)cc1)C(C)=O)c1ccco1. The summed E-state index contributed by atoms with van der Waals surface area (Å²) < 4.78 is 11.3. The first kappa shape index (κ1) is 21.5. The Bertz CT molecular complexity index is 933. The average molecular weight is 407 g/mol. The molecule has 0 spiro atoms. The summed E-state index contributed by atoms with van der Waals surface area (Å²) in [5.74, 6) is 1.77. The summed E-state index contributed by atoms with van der Waals surface area (Å²) in [6.45, 7) is 2.83. The number of hydrogen-bond donors (Lipinski definition) is 0. The molecule has 0 aliphatic rings. The van der Waals surface area contributed by atoms with Gasteiger partial charge < -0.3 is 19.0 Å². The Morgan fingerprint density at radius 3 is 2.37 bits per heavy atom. The Morgan fingerprint density at radius 2 is 1.77 bits per heavy atom. The van der Waals surface area contributed by atoms with Gasteiger partial charge in [0.1, 0.15) is 11.5 Å². The fraction of sp³-hybridized carbons (Fsp3) is 0.320. The van der Waals surface area contributed by atoms with Gasteiger partial charge in [-0.3, -0.25) is 4.79 Å². The van der Waals surface area contributed by atoms with Crippen molar-refractivity contribution < 1.29 is 13.9 Å². The van der Waals surface area contributed by atoms with Gasteiger partial charge in [-0.05, 0) is 42.3 Å². The average Bonchev–Trinajstić information content (AvgIpc) is 3.28. The van der Waals surface area contributed by atoms with E-state index >= 15 is 0 Å².